The summed E-state index contributed by atoms with van der Waals surface area (Å²) in [5, 5.41) is 19.3. The Balaban J connectivity index is 0.602. The lowest BCUT2D eigenvalue weighted by molar-refractivity contribution is -0.141. The predicted octanol–water partition coefficient (Wildman–Crippen LogP) is 7.91. The molecule has 2 fully saturated rings. The van der Waals surface area contributed by atoms with Gasteiger partial charge in [0.15, 0.2) is 5.13 Å². The van der Waals surface area contributed by atoms with Crippen LogP contribution < -0.4 is 30.2 Å². The lowest BCUT2D eigenvalue weighted by atomic mass is 10.0. The Kier molecular flexibility index (Phi) is 25.8. The van der Waals surface area contributed by atoms with Crippen LogP contribution in [0.3, 0.4) is 0 Å². The number of ether oxygens (including phenoxy) is 6. The predicted molar refractivity (Wildman–Crippen MR) is 329 cm³/mol. The Hall–Kier alpha value is -6.99. The maximum absolute atomic E-state index is 14.0. The second-order valence-electron chi connectivity index (χ2n) is 21.1. The van der Waals surface area contributed by atoms with E-state index in [0.29, 0.717) is 121 Å². The number of piperazine rings is 1. The normalized spacial score (nSPS) is 13.8. The number of aryl methyl sites for hydroxylation is 1. The molecule has 4 aromatic carbocycles. The van der Waals surface area contributed by atoms with Gasteiger partial charge >= 0.3 is 6.03 Å². The number of methoxy groups -OCH3 is 1. The quantitative estimate of drug-likeness (QED) is 0.0319. The van der Waals surface area contributed by atoms with Gasteiger partial charge in [0.2, 0.25) is 17.7 Å². The van der Waals surface area contributed by atoms with Crippen LogP contribution in [0, 0.1) is 0 Å². The van der Waals surface area contributed by atoms with E-state index in [9.17, 15) is 19.2 Å². The number of nitrogens with zero attached hydrogens (tertiary/aromatic N) is 8. The number of anilines is 2. The zero-order valence-corrected chi connectivity index (χ0v) is 51.4. The molecule has 1 atom stereocenters. The van der Waals surface area contributed by atoms with Gasteiger partial charge in [-0.3, -0.25) is 19.7 Å². The van der Waals surface area contributed by atoms with E-state index in [1.807, 2.05) is 95.8 Å². The molecule has 2 aliphatic rings. The third-order valence-electron chi connectivity index (χ3n) is 14.4. The molecule has 2 aromatic heterocycles. The molecule has 3 N–H and O–H groups in total. The molecule has 1 saturated heterocycles. The summed E-state index contributed by atoms with van der Waals surface area (Å²) in [5.74, 6) is 2.01. The largest absolute Gasteiger partial charge is 0.497 e. The van der Waals surface area contributed by atoms with E-state index in [0.717, 1.165) is 90.2 Å². The summed E-state index contributed by atoms with van der Waals surface area (Å²) in [6, 6.07) is 29.1. The second-order valence-corrected chi connectivity index (χ2v) is 22.8. The van der Waals surface area contributed by atoms with Crippen molar-refractivity contribution < 1.29 is 47.6 Å². The van der Waals surface area contributed by atoms with Gasteiger partial charge in [-0.1, -0.05) is 57.5 Å². The molecule has 1 aliphatic heterocycles. The highest BCUT2D eigenvalue weighted by Crippen LogP contribution is 2.36. The molecule has 0 spiro atoms. The van der Waals surface area contributed by atoms with Gasteiger partial charge in [-0.15, -0.1) is 16.4 Å². The number of benzene rings is 4. The van der Waals surface area contributed by atoms with Gasteiger partial charge in [-0.25, -0.2) is 14.5 Å². The van der Waals surface area contributed by atoms with Crippen molar-refractivity contribution >= 4 is 61.8 Å². The van der Waals surface area contributed by atoms with Crippen LogP contribution >= 0.6 is 27.3 Å². The summed E-state index contributed by atoms with van der Waals surface area (Å²) < 4.78 is 37.1. The van der Waals surface area contributed by atoms with Crippen LogP contribution in [0.25, 0.3) is 0 Å². The minimum atomic E-state index is -0.735. The molecule has 456 valence electrons. The molecule has 3 heterocycles. The molecule has 1 saturated carbocycles. The van der Waals surface area contributed by atoms with Crippen LogP contribution in [0.2, 0.25) is 0 Å². The molecular weight excluding hydrogens is 1170 g/mol. The van der Waals surface area contributed by atoms with Crippen LogP contribution in [0.15, 0.2) is 113 Å². The zero-order valence-electron chi connectivity index (χ0n) is 49.0. The first kappa shape index (κ1) is 64.0. The van der Waals surface area contributed by atoms with Gasteiger partial charge in [0.25, 0.3) is 0 Å². The number of carbonyl (C=O) groups is 4. The Morgan fingerprint density at radius 2 is 1.39 bits per heavy atom. The highest BCUT2D eigenvalue weighted by Gasteiger charge is 2.41. The number of amides is 5. The molecule has 1 unspecified atom stereocenters. The van der Waals surface area contributed by atoms with Gasteiger partial charge in [-0.2, -0.15) is 0 Å². The number of nitrogens with one attached hydrogen (secondary N) is 3. The molecule has 21 nitrogen and oxygen atoms in total. The van der Waals surface area contributed by atoms with Crippen molar-refractivity contribution in [3.8, 4) is 17.2 Å². The number of hydrogen-bond donors (Lipinski definition) is 3. The van der Waals surface area contributed by atoms with E-state index < -0.39 is 12.1 Å². The average Bonchev–Trinajstić information content (AvgIpc) is 4.10. The van der Waals surface area contributed by atoms with E-state index >= 15 is 0 Å². The number of thiazole rings is 1. The monoisotopic (exact) mass is 1250 g/mol. The summed E-state index contributed by atoms with van der Waals surface area (Å²) in [4.78, 5) is 65.7. The summed E-state index contributed by atoms with van der Waals surface area (Å²) in [6.45, 7) is 9.78. The molecule has 85 heavy (non-hydrogen) atoms. The number of rotatable bonds is 36. The SMILES string of the molecule is COc1ccc(CNC(=O)C(c2ccc(Br)cc2)N(C(=O)CCc2ccc(OCCCCN(C)CCOCCOCCc3cn(CCOCCOc4ccc(NC(=O)Nc5nc(CC(=O)N6CCN(C)CC6)cs5)cc4)nn3)cc2)C2CC2)cc1. The Labute approximate surface area is 510 Å². The van der Waals surface area contributed by atoms with E-state index in [1.165, 1.54) is 11.3 Å². The molecule has 0 radical (unpaired) electrons. The first-order valence-corrected chi connectivity index (χ1v) is 30.8. The zero-order chi connectivity index (χ0) is 59.6. The minimum absolute atomic E-state index is 0.0308. The third kappa shape index (κ3) is 22.1. The molecular formula is C62H80BrN11O10S. The van der Waals surface area contributed by atoms with Gasteiger partial charge in [0.1, 0.15) is 29.9 Å². The lowest BCUT2D eigenvalue weighted by Gasteiger charge is -2.32. The summed E-state index contributed by atoms with van der Waals surface area (Å²) in [7, 11) is 5.77. The van der Waals surface area contributed by atoms with Crippen molar-refractivity contribution in [2.75, 3.05) is 124 Å². The Morgan fingerprint density at radius 3 is 2.12 bits per heavy atom. The topological polar surface area (TPSA) is 216 Å². The van der Waals surface area contributed by atoms with Crippen LogP contribution in [-0.4, -0.2) is 183 Å². The van der Waals surface area contributed by atoms with Gasteiger partial charge in [-0.05, 0) is 130 Å². The molecule has 1 aliphatic carbocycles. The van der Waals surface area contributed by atoms with Gasteiger partial charge in [0.05, 0.1) is 77.7 Å². The average molecular weight is 1250 g/mol. The van der Waals surface area contributed by atoms with E-state index in [-0.39, 0.29) is 30.2 Å². The first-order chi connectivity index (χ1) is 41.4. The van der Waals surface area contributed by atoms with Crippen molar-refractivity contribution in [2.45, 2.75) is 76.5 Å². The van der Waals surface area contributed by atoms with Crippen LogP contribution in [0.1, 0.15) is 66.2 Å². The Bertz CT molecular complexity index is 2980. The van der Waals surface area contributed by atoms with Crippen LogP contribution in [0.4, 0.5) is 15.6 Å². The second kappa shape index (κ2) is 34.2. The van der Waals surface area contributed by atoms with Crippen LogP contribution in [0.5, 0.6) is 17.2 Å². The molecule has 6 aromatic rings. The number of carbonyl (C=O) groups excluding carboxylic acids is 4. The lowest BCUT2D eigenvalue weighted by Crippen LogP contribution is -2.47. The van der Waals surface area contributed by atoms with E-state index in [1.54, 1.807) is 41.4 Å². The van der Waals surface area contributed by atoms with E-state index in [2.05, 4.69) is 64.0 Å². The minimum Gasteiger partial charge on any atom is -0.497 e. The van der Waals surface area contributed by atoms with Gasteiger partial charge in [0, 0.05) is 79.9 Å². The number of urea groups is 1. The fraction of sp³-hybridized carbons (Fsp3) is 0.468. The van der Waals surface area contributed by atoms with Crippen molar-refractivity contribution in [3.63, 3.8) is 0 Å². The Morgan fingerprint density at radius 1 is 0.718 bits per heavy atom. The van der Waals surface area contributed by atoms with Crippen molar-refractivity contribution in [1.82, 2.24) is 44.9 Å². The number of likely N-dealkylation sites (N-methyl/N-ethyl adjacent to an activating group) is 2. The van der Waals surface area contributed by atoms with Crippen molar-refractivity contribution in [2.24, 2.45) is 0 Å². The fourth-order valence-corrected chi connectivity index (χ4v) is 10.3. The standard InChI is InChI=1S/C62H80BrN11O10S/c1-70(27-4-5-34-83-55-21-6-46(7-22-55)10-25-57(75)74(53-17-18-53)59(48-11-13-49(63)14-12-48)60(77)64-43-47-8-19-54(79-3)20-9-47)32-36-81-39-38-80-35-26-51-44-73(69-68-51)33-37-82-40-41-84-56-23-15-50(16-24-56)65-61(78)67-62-66-52(45-85-62)42-58(76)72-30-28-71(2)29-31-72/h6-9,11-16,19-24,44-45,53,59H,4-5,10,17-18,25-43H2,1-3H3,(H,64,77)(H2,65,66,67,78). The smallest absolute Gasteiger partial charge is 0.325 e. The molecule has 23 heteroatoms. The molecule has 0 bridgehead atoms. The van der Waals surface area contributed by atoms with Gasteiger partial charge < -0.3 is 58.7 Å². The van der Waals surface area contributed by atoms with Crippen LogP contribution in [-0.2, 0) is 60.9 Å². The summed E-state index contributed by atoms with van der Waals surface area (Å²) in [6.07, 6.45) is 7.28. The third-order valence-corrected chi connectivity index (χ3v) is 15.8. The fourth-order valence-electron chi connectivity index (χ4n) is 9.36. The maximum atomic E-state index is 14.0. The first-order valence-electron chi connectivity index (χ1n) is 29.2. The number of unbranched alkanes of at least 4 members (excludes halogenated alkanes) is 1. The highest BCUT2D eigenvalue weighted by molar-refractivity contribution is 9.10. The summed E-state index contributed by atoms with van der Waals surface area (Å²) >= 11 is 4.79. The molecule has 8 rings (SSSR count). The van der Waals surface area contributed by atoms with Crippen molar-refractivity contribution in [3.05, 3.63) is 141 Å². The summed E-state index contributed by atoms with van der Waals surface area (Å²) in [5.41, 5.74) is 4.84. The number of hydrogen-bond acceptors (Lipinski definition) is 16. The number of halogens is 1. The molecule has 5 amide bonds. The highest BCUT2D eigenvalue weighted by atomic mass is 79.9. The number of aromatic nitrogens is 4. The van der Waals surface area contributed by atoms with Crippen molar-refractivity contribution in [1.29, 1.82) is 0 Å². The van der Waals surface area contributed by atoms with E-state index in [4.69, 9.17) is 28.4 Å². The maximum Gasteiger partial charge on any atom is 0.325 e.